The molecule has 31 heavy (non-hydrogen) atoms. The quantitative estimate of drug-likeness (QED) is 0.0958. The van der Waals surface area contributed by atoms with Crippen LogP contribution in [0.4, 0.5) is 0 Å². The molecular weight excluding hydrogens is 876 g/mol. The predicted molar refractivity (Wildman–Crippen MR) is 128 cm³/mol. The second kappa shape index (κ2) is 25.7. The summed E-state index contributed by atoms with van der Waals surface area (Å²) in [4.78, 5) is 20.8. The molecule has 0 unspecified atom stereocenters. The average molecular weight is 910 g/mol. The van der Waals surface area contributed by atoms with Crippen LogP contribution in [0.1, 0.15) is 20.8 Å². The van der Waals surface area contributed by atoms with Crippen LogP contribution in [0.15, 0.2) is 0 Å². The maximum absolute atomic E-state index is 11.1. The first-order valence-electron chi connectivity index (χ1n) is 8.82. The molecule has 14 heteroatoms. The first-order valence-corrected chi connectivity index (χ1v) is 11.5. The van der Waals surface area contributed by atoms with Crippen molar-refractivity contribution in [1.82, 2.24) is 10.6 Å². The van der Waals surface area contributed by atoms with Crippen molar-refractivity contribution in [2.45, 2.75) is 28.5 Å². The number of nitrogens with one attached hydrogen (secondary N) is 2. The zero-order valence-corrected chi connectivity index (χ0v) is 26.2. The monoisotopic (exact) mass is 906 g/mol. The summed E-state index contributed by atoms with van der Waals surface area (Å²) in [5, 5.41) is 5.13. The van der Waals surface area contributed by atoms with Gasteiger partial charge in [0.05, 0.1) is 57.5 Å². The van der Waals surface area contributed by atoms with Crippen LogP contribution in [-0.4, -0.2) is 87.0 Å². The van der Waals surface area contributed by atoms with Gasteiger partial charge in [0.2, 0.25) is 0 Å². The first kappa shape index (κ1) is 37.8. The van der Waals surface area contributed by atoms with Crippen LogP contribution >= 0.6 is 59.7 Å². The summed E-state index contributed by atoms with van der Waals surface area (Å²) >= 11 is 14.1. The van der Waals surface area contributed by atoms with Gasteiger partial charge < -0.3 is 34.4 Å². The van der Waals surface area contributed by atoms with E-state index in [4.69, 9.17) is 18.9 Å². The number of ether oxygens (including phenoxy) is 4. The van der Waals surface area contributed by atoms with Crippen molar-refractivity contribution in [1.29, 1.82) is 0 Å². The van der Waals surface area contributed by atoms with Crippen LogP contribution in [0.2, 0.25) is 0 Å². The Hall–Kier alpha value is -0.530. The van der Waals surface area contributed by atoms with Crippen molar-refractivity contribution in [2.75, 3.05) is 66.9 Å². The molecule has 0 saturated heterocycles. The van der Waals surface area contributed by atoms with E-state index in [1.54, 1.807) is 7.11 Å². The van der Waals surface area contributed by atoms with Gasteiger partial charge in [-0.3, -0.25) is 9.08 Å². The Bertz CT molecular complexity index is 405. The molecule has 0 aromatic rings. The molecule has 0 spiro atoms. The molecule has 0 aliphatic carbocycles. The van der Waals surface area contributed by atoms with Crippen molar-refractivity contribution in [3.05, 3.63) is 0 Å². The molecule has 0 rings (SSSR count). The maximum Gasteiger partial charge on any atom is 0.320 e. The summed E-state index contributed by atoms with van der Waals surface area (Å²) in [6.07, 6.45) is 1.53. The minimum Gasteiger partial charge on any atom is -0.529 e. The Labute approximate surface area is 210 Å². The van der Waals surface area contributed by atoms with Crippen molar-refractivity contribution in [3.8, 4) is 0 Å². The number of hydrogen-bond donors (Lipinski definition) is 2. The van der Waals surface area contributed by atoms with Gasteiger partial charge >= 0.3 is 5.97 Å². The zero-order valence-electron chi connectivity index (χ0n) is 18.3. The number of halogens is 4. The van der Waals surface area contributed by atoms with E-state index in [9.17, 15) is 9.59 Å². The van der Waals surface area contributed by atoms with E-state index < -0.39 is 2.14 Å². The summed E-state index contributed by atoms with van der Waals surface area (Å²) in [7, 11) is 3.05. The van der Waals surface area contributed by atoms with Gasteiger partial charge in [0, 0.05) is 13.7 Å². The van der Waals surface area contributed by atoms with Gasteiger partial charge in [0.1, 0.15) is 6.61 Å². The molecule has 0 aromatic carbocycles. The van der Waals surface area contributed by atoms with Gasteiger partial charge in [0.25, 0.3) is 0 Å². The summed E-state index contributed by atoms with van der Waals surface area (Å²) in [6, 6.07) is 0. The third kappa shape index (κ3) is 48.2. The summed E-state index contributed by atoms with van der Waals surface area (Å²) in [6.45, 7) is 9.85. The molecule has 194 valence electrons. The van der Waals surface area contributed by atoms with E-state index in [-0.39, 0.29) is 24.7 Å². The third-order valence-electron chi connectivity index (χ3n) is 2.36. The number of esters is 1. The van der Waals surface area contributed by atoms with E-state index in [0.29, 0.717) is 39.5 Å². The first-order chi connectivity index (χ1) is 13.9. The maximum atomic E-state index is 11.1. The van der Waals surface area contributed by atoms with Crippen LogP contribution in [0.25, 0.3) is 0 Å². The zero-order chi connectivity index (χ0) is 23.9. The Morgan fingerprint density at radius 2 is 1.58 bits per heavy atom. The largest absolute Gasteiger partial charge is 0.529 e. The van der Waals surface area contributed by atoms with E-state index >= 15 is 0 Å². The van der Waals surface area contributed by atoms with Crippen LogP contribution in [0.3, 0.4) is 0 Å². The Morgan fingerprint density at radius 1 is 1.03 bits per heavy atom. The molecule has 0 radical (unpaired) electrons. The second-order valence-electron chi connectivity index (χ2n) is 6.20. The van der Waals surface area contributed by atoms with Gasteiger partial charge in [-0.05, 0) is 27.3 Å². The van der Waals surface area contributed by atoms with Crippen LogP contribution in [0, 0.1) is 0 Å². The average Bonchev–Trinajstić information content (AvgIpc) is 2.62. The summed E-state index contributed by atoms with van der Waals surface area (Å²) in [5.74, 6) is -0.368. The van der Waals surface area contributed by atoms with Crippen molar-refractivity contribution in [2.24, 2.45) is 0 Å². The molecule has 0 fully saturated rings. The number of hydrogen-bond acceptors (Lipinski definition) is 8. The Morgan fingerprint density at radius 3 is 2.03 bits per heavy atom. The minimum atomic E-state index is -0.573. The predicted octanol–water partition coefficient (Wildman–Crippen LogP) is 2.87. The van der Waals surface area contributed by atoms with Crippen LogP contribution in [0.5, 0.6) is 0 Å². The number of rotatable bonds is 13. The third-order valence-corrected chi connectivity index (χ3v) is 3.05. The van der Waals surface area contributed by atoms with Gasteiger partial charge in [-0.25, -0.2) is 0 Å². The van der Waals surface area contributed by atoms with Crippen molar-refractivity contribution >= 4 is 72.0 Å². The molecule has 2 N–H and O–H groups in total. The molecule has 0 atom stereocenters. The van der Waals surface area contributed by atoms with Gasteiger partial charge in [-0.1, -0.05) is 47.8 Å². The molecule has 0 saturated carbocycles. The van der Waals surface area contributed by atoms with Crippen molar-refractivity contribution in [3.63, 3.8) is 0 Å². The SMILES string of the molecule is COCCOCCOC(C)(C)C.COCl.O=[C-]NCCNCC(=O)OCC(Br)(Br)Br.[Fm]. The van der Waals surface area contributed by atoms with Gasteiger partial charge in [-0.2, -0.15) is 6.41 Å². The number of alkyl halides is 3. The summed E-state index contributed by atoms with van der Waals surface area (Å²) in [5.41, 5.74) is -0.0649. The van der Waals surface area contributed by atoms with Gasteiger partial charge in [0.15, 0.2) is 2.14 Å². The van der Waals surface area contributed by atoms with E-state index in [1.807, 2.05) is 20.8 Å². The smallest absolute Gasteiger partial charge is 0.320 e. The molecule has 0 heterocycles. The van der Waals surface area contributed by atoms with Crippen LogP contribution in [-0.2, 0) is 32.8 Å². The second-order valence-corrected chi connectivity index (χ2v) is 13.8. The molecule has 0 bridgehead atoms. The summed E-state index contributed by atoms with van der Waals surface area (Å²) < 4.78 is 23.5. The van der Waals surface area contributed by atoms with Crippen LogP contribution < -0.4 is 10.6 Å². The fourth-order valence-electron chi connectivity index (χ4n) is 1.26. The number of carbonyl (C=O) groups is 1. The van der Waals surface area contributed by atoms with E-state index in [0.717, 1.165) is 0 Å². The minimum absolute atomic E-state index is 0. The van der Waals surface area contributed by atoms with Crippen molar-refractivity contribution < 1.29 is 32.8 Å². The number of carbonyl (C=O) groups excluding carboxylic acids is 2. The molecule has 0 aliphatic heterocycles. The topological polar surface area (TPSA) is 104 Å². The number of methoxy groups -OCH3 is 1. The Balaban J connectivity index is -0.000000206. The fraction of sp³-hybridized carbons (Fsp3) is 0.882. The fourth-order valence-corrected chi connectivity index (χ4v) is 1.60. The van der Waals surface area contributed by atoms with E-state index in [1.165, 1.54) is 13.5 Å². The van der Waals surface area contributed by atoms with E-state index in [2.05, 4.69) is 74.6 Å². The molecule has 1 amide bonds. The van der Waals surface area contributed by atoms with Gasteiger partial charge in [-0.15, -0.1) is 0 Å². The normalized spacial score (nSPS) is 10.5. The molecule has 9 nitrogen and oxygen atoms in total. The molecule has 0 aliphatic rings. The molecular formula is C17H33Br3ClFmN2O7-. The Kier molecular flexibility index (Phi) is 31.3. The number of amides is 1. The molecule has 0 aromatic heterocycles. The standard InChI is InChI=1S/C9H20O3.C7H10Br3N2O3.CH3ClO.Fm/c1-9(2,3)12-8-7-11-6-5-10-4;8-7(9,10)4-15-6(14)3-11-1-2-12-5-13;1-3-2;/h5-8H2,1-4H3;11H,1-4H2,(H,12,13);1H3;/q;-1;;.